The molecule has 0 unspecified atom stereocenters. The van der Waals surface area contributed by atoms with E-state index in [1.165, 1.54) is 0 Å². The lowest BCUT2D eigenvalue weighted by Gasteiger charge is -2.11. The highest BCUT2D eigenvalue weighted by Crippen LogP contribution is 2.27. The monoisotopic (exact) mass is 315 g/mol. The van der Waals surface area contributed by atoms with Gasteiger partial charge in [0.2, 0.25) is 0 Å². The number of ketones is 1. The lowest BCUT2D eigenvalue weighted by atomic mass is 10.1. The summed E-state index contributed by atoms with van der Waals surface area (Å²) < 4.78 is 15.7. The minimum Gasteiger partial charge on any atom is -0.496 e. The Kier molecular flexibility index (Phi) is 6.00. The molecular weight excluding hydrogens is 294 g/mol. The van der Waals surface area contributed by atoms with Gasteiger partial charge in [0.15, 0.2) is 17.3 Å². The molecule has 0 fully saturated rings. The van der Waals surface area contributed by atoms with E-state index in [9.17, 15) is 4.79 Å². The van der Waals surface area contributed by atoms with E-state index in [0.29, 0.717) is 23.6 Å². The molecule has 0 heterocycles. The van der Waals surface area contributed by atoms with Gasteiger partial charge in [-0.2, -0.15) is 0 Å². The van der Waals surface area contributed by atoms with Crippen molar-refractivity contribution in [1.82, 2.24) is 5.32 Å². The molecule has 2 aromatic rings. The molecule has 23 heavy (non-hydrogen) atoms. The first-order chi connectivity index (χ1) is 11.2. The van der Waals surface area contributed by atoms with Crippen molar-refractivity contribution < 1.29 is 19.0 Å². The first-order valence-corrected chi connectivity index (χ1v) is 7.27. The number of benzene rings is 2. The van der Waals surface area contributed by atoms with Crippen molar-refractivity contribution in [2.45, 2.75) is 6.54 Å². The van der Waals surface area contributed by atoms with Crippen LogP contribution in [-0.4, -0.2) is 33.7 Å². The average molecular weight is 315 g/mol. The van der Waals surface area contributed by atoms with Gasteiger partial charge in [0.1, 0.15) is 5.75 Å². The molecule has 122 valence electrons. The van der Waals surface area contributed by atoms with Crippen LogP contribution in [-0.2, 0) is 6.54 Å². The van der Waals surface area contributed by atoms with E-state index >= 15 is 0 Å². The summed E-state index contributed by atoms with van der Waals surface area (Å²) in [7, 11) is 4.74. The molecule has 2 aromatic carbocycles. The van der Waals surface area contributed by atoms with Gasteiger partial charge >= 0.3 is 0 Å². The molecule has 0 spiro atoms. The molecule has 0 bridgehead atoms. The van der Waals surface area contributed by atoms with Crippen LogP contribution in [0.1, 0.15) is 15.9 Å². The largest absolute Gasteiger partial charge is 0.496 e. The van der Waals surface area contributed by atoms with Crippen molar-refractivity contribution in [2.24, 2.45) is 0 Å². The van der Waals surface area contributed by atoms with Crippen LogP contribution >= 0.6 is 0 Å². The number of carbonyl (C=O) groups is 1. The van der Waals surface area contributed by atoms with E-state index in [1.807, 2.05) is 24.3 Å². The normalized spacial score (nSPS) is 10.2. The number of methoxy groups -OCH3 is 3. The number of para-hydroxylation sites is 1. The molecule has 5 heteroatoms. The number of ether oxygens (including phenoxy) is 3. The molecule has 0 saturated heterocycles. The van der Waals surface area contributed by atoms with Gasteiger partial charge in [0.05, 0.1) is 27.9 Å². The fraction of sp³-hybridized carbons (Fsp3) is 0.278. The van der Waals surface area contributed by atoms with Crippen molar-refractivity contribution in [3.8, 4) is 17.2 Å². The van der Waals surface area contributed by atoms with Crippen LogP contribution in [0.25, 0.3) is 0 Å². The van der Waals surface area contributed by atoms with E-state index in [0.717, 1.165) is 11.3 Å². The second-order valence-electron chi connectivity index (χ2n) is 4.91. The second-order valence-corrected chi connectivity index (χ2v) is 4.91. The Balaban J connectivity index is 1.97. The fourth-order valence-electron chi connectivity index (χ4n) is 2.27. The Hall–Kier alpha value is -2.53. The van der Waals surface area contributed by atoms with E-state index in [-0.39, 0.29) is 12.3 Å². The Labute approximate surface area is 136 Å². The summed E-state index contributed by atoms with van der Waals surface area (Å²) >= 11 is 0. The lowest BCUT2D eigenvalue weighted by Crippen LogP contribution is -2.22. The fourth-order valence-corrected chi connectivity index (χ4v) is 2.27. The Morgan fingerprint density at radius 2 is 1.61 bits per heavy atom. The number of nitrogens with one attached hydrogen (secondary N) is 1. The Morgan fingerprint density at radius 1 is 0.913 bits per heavy atom. The van der Waals surface area contributed by atoms with Gasteiger partial charge in [0.25, 0.3) is 0 Å². The van der Waals surface area contributed by atoms with Gasteiger partial charge in [0, 0.05) is 17.7 Å². The summed E-state index contributed by atoms with van der Waals surface area (Å²) in [5.41, 5.74) is 1.59. The maximum Gasteiger partial charge on any atom is 0.176 e. The lowest BCUT2D eigenvalue weighted by molar-refractivity contribution is 0.0990. The van der Waals surface area contributed by atoms with Crippen molar-refractivity contribution in [1.29, 1.82) is 0 Å². The average Bonchev–Trinajstić information content (AvgIpc) is 2.61. The summed E-state index contributed by atoms with van der Waals surface area (Å²) in [4.78, 5) is 12.3. The van der Waals surface area contributed by atoms with Crippen LogP contribution in [0.5, 0.6) is 17.2 Å². The third kappa shape index (κ3) is 4.23. The van der Waals surface area contributed by atoms with Gasteiger partial charge in [-0.1, -0.05) is 18.2 Å². The zero-order valence-electron chi connectivity index (χ0n) is 13.6. The number of carbonyl (C=O) groups excluding carboxylic acids is 1. The highest BCUT2D eigenvalue weighted by atomic mass is 16.5. The van der Waals surface area contributed by atoms with Gasteiger partial charge in [-0.15, -0.1) is 0 Å². The van der Waals surface area contributed by atoms with Crippen molar-refractivity contribution in [2.75, 3.05) is 27.9 Å². The van der Waals surface area contributed by atoms with E-state index in [2.05, 4.69) is 5.32 Å². The predicted molar refractivity (Wildman–Crippen MR) is 88.6 cm³/mol. The van der Waals surface area contributed by atoms with Crippen LogP contribution in [0.2, 0.25) is 0 Å². The quantitative estimate of drug-likeness (QED) is 0.759. The molecule has 0 saturated carbocycles. The zero-order valence-corrected chi connectivity index (χ0v) is 13.6. The van der Waals surface area contributed by atoms with Crippen LogP contribution < -0.4 is 19.5 Å². The molecular formula is C18H21NO4. The van der Waals surface area contributed by atoms with E-state index in [4.69, 9.17) is 14.2 Å². The van der Waals surface area contributed by atoms with Crippen molar-refractivity contribution >= 4 is 5.78 Å². The summed E-state index contributed by atoms with van der Waals surface area (Å²) in [6.45, 7) is 0.788. The summed E-state index contributed by atoms with van der Waals surface area (Å²) in [5.74, 6) is 1.94. The molecule has 0 aliphatic carbocycles. The molecule has 0 atom stereocenters. The molecule has 0 amide bonds. The highest BCUT2D eigenvalue weighted by Gasteiger charge is 2.11. The molecule has 0 radical (unpaired) electrons. The molecule has 2 rings (SSSR count). The number of hydrogen-bond donors (Lipinski definition) is 1. The number of Topliss-reactive ketones (excluding diaryl/α,β-unsaturated/α-hetero) is 1. The minimum atomic E-state index is -0.0131. The number of hydrogen-bond acceptors (Lipinski definition) is 5. The van der Waals surface area contributed by atoms with Crippen LogP contribution in [0, 0.1) is 0 Å². The van der Waals surface area contributed by atoms with Crippen molar-refractivity contribution in [3.63, 3.8) is 0 Å². The topological polar surface area (TPSA) is 56.8 Å². The first kappa shape index (κ1) is 16.8. The zero-order chi connectivity index (χ0) is 16.7. The van der Waals surface area contributed by atoms with Crippen molar-refractivity contribution in [3.05, 3.63) is 53.6 Å². The maximum atomic E-state index is 12.3. The summed E-state index contributed by atoms with van der Waals surface area (Å²) in [6.07, 6.45) is 0. The molecule has 0 aliphatic heterocycles. The van der Waals surface area contributed by atoms with E-state index in [1.54, 1.807) is 39.5 Å². The van der Waals surface area contributed by atoms with Crippen LogP contribution in [0.3, 0.4) is 0 Å². The Morgan fingerprint density at radius 3 is 2.30 bits per heavy atom. The standard InChI is InChI=1S/C18H21NO4/c1-21-16-7-5-4-6-14(16)11-19-12-15(20)13-8-9-17(22-2)18(10-13)23-3/h4-10,19H,11-12H2,1-3H3. The summed E-state index contributed by atoms with van der Waals surface area (Å²) in [6, 6.07) is 12.9. The molecule has 1 N–H and O–H groups in total. The Bertz CT molecular complexity index is 670. The summed E-state index contributed by atoms with van der Waals surface area (Å²) in [5, 5.41) is 3.14. The number of rotatable bonds is 8. The SMILES string of the molecule is COc1ccccc1CNCC(=O)c1ccc(OC)c(OC)c1. The molecule has 0 aromatic heterocycles. The molecule has 5 nitrogen and oxygen atoms in total. The highest BCUT2D eigenvalue weighted by molar-refractivity contribution is 5.98. The minimum absolute atomic E-state index is 0.0131. The third-order valence-corrected chi connectivity index (χ3v) is 3.50. The van der Waals surface area contributed by atoms with Gasteiger partial charge < -0.3 is 19.5 Å². The van der Waals surface area contributed by atoms with Gasteiger partial charge in [-0.25, -0.2) is 0 Å². The van der Waals surface area contributed by atoms with Crippen LogP contribution in [0.4, 0.5) is 0 Å². The van der Waals surface area contributed by atoms with Gasteiger partial charge in [-0.3, -0.25) is 4.79 Å². The van der Waals surface area contributed by atoms with E-state index < -0.39 is 0 Å². The van der Waals surface area contributed by atoms with Crippen LogP contribution in [0.15, 0.2) is 42.5 Å². The first-order valence-electron chi connectivity index (χ1n) is 7.27. The van der Waals surface area contributed by atoms with Gasteiger partial charge in [-0.05, 0) is 24.3 Å². The molecule has 0 aliphatic rings. The third-order valence-electron chi connectivity index (χ3n) is 3.50. The maximum absolute atomic E-state index is 12.3. The second kappa shape index (κ2) is 8.19. The smallest absolute Gasteiger partial charge is 0.176 e. The predicted octanol–water partition coefficient (Wildman–Crippen LogP) is 2.68.